The van der Waals surface area contributed by atoms with Gasteiger partial charge in [-0.1, -0.05) is 11.8 Å². The highest BCUT2D eigenvalue weighted by atomic mass is 32.2. The van der Waals surface area contributed by atoms with Gasteiger partial charge in [0.1, 0.15) is 5.82 Å². The predicted molar refractivity (Wildman–Crippen MR) is 59.9 cm³/mol. The van der Waals surface area contributed by atoms with Gasteiger partial charge in [-0.2, -0.15) is 0 Å². The number of methoxy groups -OCH3 is 1. The molecule has 6 heteroatoms. The van der Waals surface area contributed by atoms with E-state index in [1.54, 1.807) is 7.11 Å². The van der Waals surface area contributed by atoms with E-state index in [0.717, 1.165) is 9.04 Å². The monoisotopic (exact) mass is 244 g/mol. The Morgan fingerprint density at radius 1 is 1.60 bits per heavy atom. The second-order valence-corrected chi connectivity index (χ2v) is 4.91. The van der Waals surface area contributed by atoms with Gasteiger partial charge in [0.05, 0.1) is 17.5 Å². The van der Waals surface area contributed by atoms with E-state index in [0.29, 0.717) is 11.2 Å². The topological polar surface area (TPSA) is 35.0 Å². The summed E-state index contributed by atoms with van der Waals surface area (Å²) in [6, 6.07) is 0. The largest absolute Gasteiger partial charge is 0.380 e. The molecule has 0 bridgehead atoms. The lowest BCUT2D eigenvalue weighted by molar-refractivity contribution is 0.182. The third-order valence-corrected chi connectivity index (χ3v) is 4.01. The van der Waals surface area contributed by atoms with Gasteiger partial charge in [0.2, 0.25) is 0 Å². The van der Waals surface area contributed by atoms with Crippen LogP contribution in [0.4, 0.5) is 4.39 Å². The van der Waals surface area contributed by atoms with Gasteiger partial charge < -0.3 is 4.74 Å². The Balaban J connectivity index is 2.63. The summed E-state index contributed by atoms with van der Waals surface area (Å²) in [5, 5.41) is 0. The Kier molecular flexibility index (Phi) is 3.18. The van der Waals surface area contributed by atoms with Crippen molar-refractivity contribution in [3.8, 4) is 0 Å². The van der Waals surface area contributed by atoms with Crippen LogP contribution in [-0.2, 0) is 11.3 Å². The van der Waals surface area contributed by atoms with E-state index in [1.807, 2.05) is 6.26 Å². The summed E-state index contributed by atoms with van der Waals surface area (Å²) in [4.78, 5) is 8.21. The molecule has 0 amide bonds. The fourth-order valence-electron chi connectivity index (χ4n) is 1.25. The van der Waals surface area contributed by atoms with Crippen LogP contribution in [0.5, 0.6) is 0 Å². The molecule has 2 aromatic rings. The number of halogens is 1. The van der Waals surface area contributed by atoms with E-state index in [4.69, 9.17) is 4.74 Å². The van der Waals surface area contributed by atoms with Gasteiger partial charge in [-0.3, -0.25) is 0 Å². The third-order valence-electron chi connectivity index (χ3n) is 1.92. The molecule has 80 valence electrons. The van der Waals surface area contributed by atoms with Crippen LogP contribution in [-0.4, -0.2) is 23.3 Å². The Morgan fingerprint density at radius 2 is 2.40 bits per heavy atom. The quantitative estimate of drug-likeness (QED) is 0.778. The van der Waals surface area contributed by atoms with Gasteiger partial charge in [0.25, 0.3) is 0 Å². The maximum absolute atomic E-state index is 13.4. The van der Waals surface area contributed by atoms with E-state index in [2.05, 4.69) is 9.97 Å². The average Bonchev–Trinajstić information content (AvgIpc) is 2.66. The van der Waals surface area contributed by atoms with Gasteiger partial charge in [-0.25, -0.2) is 14.4 Å². The van der Waals surface area contributed by atoms with Gasteiger partial charge in [-0.15, -0.1) is 11.3 Å². The summed E-state index contributed by atoms with van der Waals surface area (Å²) in [5.41, 5.74) is 1.14. The molecule has 0 N–H and O–H groups in total. The van der Waals surface area contributed by atoms with Crippen LogP contribution < -0.4 is 0 Å². The predicted octanol–water partition coefficient (Wildman–Crippen LogP) is 2.70. The summed E-state index contributed by atoms with van der Waals surface area (Å²) in [6.07, 6.45) is 3.13. The molecular weight excluding hydrogens is 235 g/mol. The number of pyridine rings is 1. The van der Waals surface area contributed by atoms with Crippen LogP contribution >= 0.6 is 23.1 Å². The number of ether oxygens (including phenoxy) is 1. The highest BCUT2D eigenvalue weighted by Gasteiger charge is 2.13. The first-order chi connectivity index (χ1) is 7.26. The molecule has 2 heterocycles. The van der Waals surface area contributed by atoms with E-state index in [9.17, 15) is 4.39 Å². The molecule has 15 heavy (non-hydrogen) atoms. The summed E-state index contributed by atoms with van der Waals surface area (Å²) in [7, 11) is 1.54. The van der Waals surface area contributed by atoms with E-state index < -0.39 is 0 Å². The van der Waals surface area contributed by atoms with Crippen molar-refractivity contribution in [3.63, 3.8) is 0 Å². The summed E-state index contributed by atoms with van der Waals surface area (Å²) >= 11 is 2.98. The normalized spacial score (nSPS) is 11.1. The number of thiazole rings is 1. The molecule has 0 aromatic carbocycles. The summed E-state index contributed by atoms with van der Waals surface area (Å²) < 4.78 is 20.1. The number of nitrogens with zero attached hydrogens (tertiary/aromatic N) is 2. The molecule has 0 saturated carbocycles. The van der Waals surface area contributed by atoms with Gasteiger partial charge in [0, 0.05) is 12.7 Å². The van der Waals surface area contributed by atoms with Crippen LogP contribution in [0.1, 0.15) is 5.56 Å². The summed E-state index contributed by atoms with van der Waals surface area (Å²) in [6.45, 7) is 0.251. The van der Waals surface area contributed by atoms with Gasteiger partial charge >= 0.3 is 0 Å². The van der Waals surface area contributed by atoms with Crippen molar-refractivity contribution in [1.29, 1.82) is 0 Å². The molecule has 0 aliphatic heterocycles. The molecule has 0 radical (unpaired) electrons. The number of thioether (sulfide) groups is 1. The lowest BCUT2D eigenvalue weighted by Gasteiger charge is -2.01. The van der Waals surface area contributed by atoms with Gasteiger partial charge in [0.15, 0.2) is 9.99 Å². The first-order valence-corrected chi connectivity index (χ1v) is 6.27. The molecule has 0 atom stereocenters. The fourth-order valence-corrected chi connectivity index (χ4v) is 2.78. The highest BCUT2D eigenvalue weighted by molar-refractivity contribution is 8.00. The second kappa shape index (κ2) is 4.42. The molecule has 2 aromatic heterocycles. The molecule has 3 nitrogen and oxygen atoms in total. The van der Waals surface area contributed by atoms with Crippen molar-refractivity contribution in [3.05, 3.63) is 17.6 Å². The van der Waals surface area contributed by atoms with Crippen LogP contribution in [0.3, 0.4) is 0 Å². The standard InChI is InChI=1S/C9H9FN2OS2/c1-13-4-5-6(10)3-11-8-7(5)15-9(12-8)14-2/h3H,4H2,1-2H3. The van der Waals surface area contributed by atoms with Crippen molar-refractivity contribution in [2.45, 2.75) is 10.9 Å². The third kappa shape index (κ3) is 1.97. The Hall–Kier alpha value is -0.720. The molecule has 0 aliphatic carbocycles. The minimum atomic E-state index is -0.333. The average molecular weight is 244 g/mol. The van der Waals surface area contributed by atoms with E-state index >= 15 is 0 Å². The Bertz CT molecular complexity index is 486. The van der Waals surface area contributed by atoms with Crippen molar-refractivity contribution in [2.24, 2.45) is 0 Å². The molecule has 0 saturated heterocycles. The van der Waals surface area contributed by atoms with Crippen molar-refractivity contribution < 1.29 is 9.13 Å². The van der Waals surface area contributed by atoms with Crippen molar-refractivity contribution in [2.75, 3.05) is 13.4 Å². The number of hydrogen-bond donors (Lipinski definition) is 0. The lowest BCUT2D eigenvalue weighted by Crippen LogP contribution is -1.94. The number of rotatable bonds is 3. The molecule has 0 aliphatic rings. The molecule has 0 spiro atoms. The van der Waals surface area contributed by atoms with Crippen LogP contribution in [0.15, 0.2) is 10.5 Å². The molecule has 2 rings (SSSR count). The molecule has 0 unspecified atom stereocenters. The Morgan fingerprint density at radius 3 is 3.07 bits per heavy atom. The zero-order chi connectivity index (χ0) is 10.8. The number of aromatic nitrogens is 2. The SMILES string of the molecule is COCc1c(F)cnc2nc(SC)sc12. The van der Waals surface area contributed by atoms with Crippen LogP contribution in [0.25, 0.3) is 10.3 Å². The first-order valence-electron chi connectivity index (χ1n) is 4.23. The highest BCUT2D eigenvalue weighted by Crippen LogP contribution is 2.30. The van der Waals surface area contributed by atoms with Crippen LogP contribution in [0, 0.1) is 5.82 Å². The van der Waals surface area contributed by atoms with E-state index in [-0.39, 0.29) is 12.4 Å². The summed E-state index contributed by atoms with van der Waals surface area (Å²) in [5.74, 6) is -0.333. The molecule has 0 fully saturated rings. The molecular formula is C9H9FN2OS2. The zero-order valence-electron chi connectivity index (χ0n) is 8.28. The Labute approximate surface area is 94.7 Å². The number of fused-ring (bicyclic) bond motifs is 1. The minimum absolute atomic E-state index is 0.251. The lowest BCUT2D eigenvalue weighted by atomic mass is 10.2. The van der Waals surface area contributed by atoms with Gasteiger partial charge in [-0.05, 0) is 6.26 Å². The zero-order valence-corrected chi connectivity index (χ0v) is 9.91. The van der Waals surface area contributed by atoms with Crippen molar-refractivity contribution >= 4 is 33.4 Å². The maximum atomic E-state index is 13.4. The second-order valence-electron chi connectivity index (χ2n) is 2.85. The minimum Gasteiger partial charge on any atom is -0.380 e. The number of hydrogen-bond acceptors (Lipinski definition) is 5. The fraction of sp³-hybridized carbons (Fsp3) is 0.333. The first kappa shape index (κ1) is 10.8. The smallest absolute Gasteiger partial charge is 0.172 e. The van der Waals surface area contributed by atoms with E-state index in [1.165, 1.54) is 29.3 Å². The van der Waals surface area contributed by atoms with Crippen LogP contribution in [0.2, 0.25) is 0 Å². The maximum Gasteiger partial charge on any atom is 0.172 e. The van der Waals surface area contributed by atoms with Crippen molar-refractivity contribution in [1.82, 2.24) is 9.97 Å².